The monoisotopic (exact) mass is 178 g/mol. The molecule has 2 atom stereocenters. The molecule has 0 radical (unpaired) electrons. The smallest absolute Gasteiger partial charge is 0.0195 e. The van der Waals surface area contributed by atoms with Crippen LogP contribution in [0.25, 0.3) is 0 Å². The molecule has 0 heterocycles. The van der Waals surface area contributed by atoms with Crippen molar-refractivity contribution in [3.8, 4) is 0 Å². The summed E-state index contributed by atoms with van der Waals surface area (Å²) in [6, 6.07) is 0. The summed E-state index contributed by atoms with van der Waals surface area (Å²) in [5, 5.41) is 0. The molecule has 13 heavy (non-hydrogen) atoms. The highest BCUT2D eigenvalue weighted by molar-refractivity contribution is 5.29. The van der Waals surface area contributed by atoms with Gasteiger partial charge in [-0.2, -0.15) is 0 Å². The van der Waals surface area contributed by atoms with Gasteiger partial charge in [0.25, 0.3) is 0 Å². The van der Waals surface area contributed by atoms with E-state index in [1.807, 2.05) is 11.1 Å². The molecule has 2 bridgehead atoms. The summed E-state index contributed by atoms with van der Waals surface area (Å²) in [5.74, 6) is 2.04. The molecule has 2 rings (SSSR count). The molecule has 0 heteroatoms. The van der Waals surface area contributed by atoms with Crippen molar-refractivity contribution in [3.63, 3.8) is 0 Å². The van der Waals surface area contributed by atoms with E-state index in [9.17, 15) is 0 Å². The normalized spacial score (nSPS) is 31.8. The lowest BCUT2D eigenvalue weighted by Crippen LogP contribution is -2.03. The van der Waals surface area contributed by atoms with Crippen LogP contribution in [0.1, 0.15) is 58.8 Å². The van der Waals surface area contributed by atoms with E-state index in [0.717, 1.165) is 11.8 Å². The van der Waals surface area contributed by atoms with Crippen molar-refractivity contribution in [1.29, 1.82) is 0 Å². The van der Waals surface area contributed by atoms with Crippen LogP contribution in [-0.2, 0) is 0 Å². The first-order valence-electron chi connectivity index (χ1n) is 6.08. The summed E-state index contributed by atoms with van der Waals surface area (Å²) in [5.41, 5.74) is 3.78. The zero-order valence-electron chi connectivity index (χ0n) is 9.10. The van der Waals surface area contributed by atoms with Crippen molar-refractivity contribution in [2.45, 2.75) is 58.8 Å². The molecule has 2 aliphatic carbocycles. The fourth-order valence-electron chi connectivity index (χ4n) is 3.41. The first-order chi connectivity index (χ1) is 6.36. The van der Waals surface area contributed by atoms with E-state index in [1.165, 1.54) is 44.9 Å². The maximum atomic E-state index is 2.32. The molecule has 74 valence electrons. The summed E-state index contributed by atoms with van der Waals surface area (Å²) < 4.78 is 0. The fraction of sp³-hybridized carbons (Fsp3) is 0.846. The molecule has 0 aromatic heterocycles. The third-order valence-electron chi connectivity index (χ3n) is 3.87. The highest BCUT2D eigenvalue weighted by atomic mass is 14.4. The van der Waals surface area contributed by atoms with Gasteiger partial charge in [-0.05, 0) is 43.9 Å². The van der Waals surface area contributed by atoms with Gasteiger partial charge in [-0.15, -0.1) is 0 Å². The third kappa shape index (κ3) is 1.56. The van der Waals surface area contributed by atoms with E-state index >= 15 is 0 Å². The summed E-state index contributed by atoms with van der Waals surface area (Å²) in [6.07, 6.45) is 10.0. The Balaban J connectivity index is 2.14. The van der Waals surface area contributed by atoms with Crippen LogP contribution in [0.2, 0.25) is 0 Å². The van der Waals surface area contributed by atoms with Crippen LogP contribution >= 0.6 is 0 Å². The standard InChI is InChI=1S/C13H22/c1-3-5-12-10-7-8-11(9-10)13(12)6-4-2/h10-11H,3-9H2,1-2H3. The molecular weight excluding hydrogens is 156 g/mol. The largest absolute Gasteiger partial charge is 0.0676 e. The van der Waals surface area contributed by atoms with Crippen LogP contribution in [0.4, 0.5) is 0 Å². The van der Waals surface area contributed by atoms with Crippen molar-refractivity contribution in [3.05, 3.63) is 11.1 Å². The van der Waals surface area contributed by atoms with Crippen LogP contribution in [0.3, 0.4) is 0 Å². The molecule has 0 aliphatic heterocycles. The van der Waals surface area contributed by atoms with Crippen LogP contribution in [-0.4, -0.2) is 0 Å². The van der Waals surface area contributed by atoms with E-state index in [2.05, 4.69) is 13.8 Å². The number of hydrogen-bond donors (Lipinski definition) is 0. The van der Waals surface area contributed by atoms with Crippen molar-refractivity contribution in [2.75, 3.05) is 0 Å². The molecular formula is C13H22. The van der Waals surface area contributed by atoms with Gasteiger partial charge in [0.1, 0.15) is 0 Å². The fourth-order valence-corrected chi connectivity index (χ4v) is 3.41. The Labute approximate surface area is 82.4 Å². The van der Waals surface area contributed by atoms with Crippen LogP contribution in [0.5, 0.6) is 0 Å². The Morgan fingerprint density at radius 3 is 1.77 bits per heavy atom. The SMILES string of the molecule is CCCC1=C(CCC)C2CCC1C2. The molecule has 0 amide bonds. The second-order valence-corrected chi connectivity index (χ2v) is 4.76. The van der Waals surface area contributed by atoms with E-state index in [4.69, 9.17) is 0 Å². The van der Waals surface area contributed by atoms with Crippen LogP contribution in [0, 0.1) is 11.8 Å². The first kappa shape index (κ1) is 9.30. The molecule has 0 N–H and O–H groups in total. The lowest BCUT2D eigenvalue weighted by molar-refractivity contribution is 0.598. The van der Waals surface area contributed by atoms with Gasteiger partial charge < -0.3 is 0 Å². The van der Waals surface area contributed by atoms with Gasteiger partial charge >= 0.3 is 0 Å². The van der Waals surface area contributed by atoms with Gasteiger partial charge in [0.05, 0.1) is 0 Å². The maximum Gasteiger partial charge on any atom is -0.0195 e. The van der Waals surface area contributed by atoms with Crippen molar-refractivity contribution in [1.82, 2.24) is 0 Å². The number of rotatable bonds is 4. The number of hydrogen-bond acceptors (Lipinski definition) is 0. The maximum absolute atomic E-state index is 2.32. The highest BCUT2D eigenvalue weighted by Gasteiger charge is 2.37. The Morgan fingerprint density at radius 2 is 1.38 bits per heavy atom. The minimum Gasteiger partial charge on any atom is -0.0676 e. The average molecular weight is 178 g/mol. The van der Waals surface area contributed by atoms with Gasteiger partial charge in [-0.1, -0.05) is 37.8 Å². The Kier molecular flexibility index (Phi) is 2.76. The predicted molar refractivity (Wildman–Crippen MR) is 57.7 cm³/mol. The van der Waals surface area contributed by atoms with Gasteiger partial charge in [-0.25, -0.2) is 0 Å². The minimum absolute atomic E-state index is 1.02. The van der Waals surface area contributed by atoms with Gasteiger partial charge in [0.15, 0.2) is 0 Å². The van der Waals surface area contributed by atoms with Crippen molar-refractivity contribution < 1.29 is 0 Å². The zero-order valence-corrected chi connectivity index (χ0v) is 9.10. The predicted octanol–water partition coefficient (Wildman–Crippen LogP) is 4.31. The Hall–Kier alpha value is -0.260. The van der Waals surface area contributed by atoms with E-state index in [0.29, 0.717) is 0 Å². The molecule has 2 aliphatic rings. The lowest BCUT2D eigenvalue weighted by atomic mass is 9.87. The minimum atomic E-state index is 1.02. The Morgan fingerprint density at radius 1 is 0.923 bits per heavy atom. The summed E-state index contributed by atoms with van der Waals surface area (Å²) >= 11 is 0. The topological polar surface area (TPSA) is 0 Å². The molecule has 0 spiro atoms. The quantitative estimate of drug-likeness (QED) is 0.563. The summed E-state index contributed by atoms with van der Waals surface area (Å²) in [4.78, 5) is 0. The average Bonchev–Trinajstić information content (AvgIpc) is 2.69. The van der Waals surface area contributed by atoms with Crippen LogP contribution in [0.15, 0.2) is 11.1 Å². The number of allylic oxidation sites excluding steroid dienone is 2. The third-order valence-corrected chi connectivity index (χ3v) is 3.87. The first-order valence-corrected chi connectivity index (χ1v) is 6.08. The lowest BCUT2D eigenvalue weighted by Gasteiger charge is -2.19. The Bertz CT molecular complexity index is 190. The zero-order chi connectivity index (χ0) is 9.26. The summed E-state index contributed by atoms with van der Waals surface area (Å²) in [6.45, 7) is 4.64. The summed E-state index contributed by atoms with van der Waals surface area (Å²) in [7, 11) is 0. The second-order valence-electron chi connectivity index (χ2n) is 4.76. The molecule has 0 nitrogen and oxygen atoms in total. The van der Waals surface area contributed by atoms with Gasteiger partial charge in [0, 0.05) is 0 Å². The van der Waals surface area contributed by atoms with Crippen LogP contribution < -0.4 is 0 Å². The molecule has 1 saturated carbocycles. The molecule has 2 unspecified atom stereocenters. The molecule has 0 aromatic carbocycles. The second kappa shape index (κ2) is 3.86. The van der Waals surface area contributed by atoms with Crippen molar-refractivity contribution >= 4 is 0 Å². The highest BCUT2D eigenvalue weighted by Crippen LogP contribution is 2.51. The molecule has 1 fully saturated rings. The van der Waals surface area contributed by atoms with Gasteiger partial charge in [-0.3, -0.25) is 0 Å². The number of fused-ring (bicyclic) bond motifs is 2. The van der Waals surface area contributed by atoms with Crippen molar-refractivity contribution in [2.24, 2.45) is 11.8 Å². The van der Waals surface area contributed by atoms with E-state index in [-0.39, 0.29) is 0 Å². The van der Waals surface area contributed by atoms with E-state index < -0.39 is 0 Å². The van der Waals surface area contributed by atoms with Gasteiger partial charge in [0.2, 0.25) is 0 Å². The van der Waals surface area contributed by atoms with E-state index in [1.54, 1.807) is 0 Å². The molecule has 0 saturated heterocycles. The molecule has 0 aromatic rings.